The van der Waals surface area contributed by atoms with Gasteiger partial charge in [-0.05, 0) is 18.2 Å². The summed E-state index contributed by atoms with van der Waals surface area (Å²) in [6, 6.07) is 4.36. The fraction of sp³-hybridized carbons (Fsp3) is 0.200. The number of rotatable bonds is 3. The van der Waals surface area contributed by atoms with Gasteiger partial charge in [0.15, 0.2) is 6.61 Å². The fourth-order valence-electron chi connectivity index (χ4n) is 0.981. The van der Waals surface area contributed by atoms with Gasteiger partial charge in [-0.3, -0.25) is 0 Å². The molecule has 0 aliphatic heterocycles. The maximum absolute atomic E-state index is 11.4. The molecule has 0 aliphatic rings. The van der Waals surface area contributed by atoms with Crippen LogP contribution in [0.25, 0.3) is 0 Å². The minimum atomic E-state index is -0.695. The van der Waals surface area contributed by atoms with Crippen LogP contribution in [0.4, 0.5) is 5.69 Å². The van der Waals surface area contributed by atoms with E-state index in [1.165, 1.54) is 25.3 Å². The van der Waals surface area contributed by atoms with Crippen LogP contribution in [0.5, 0.6) is 0 Å². The van der Waals surface area contributed by atoms with Crippen molar-refractivity contribution in [2.75, 3.05) is 19.5 Å². The highest BCUT2D eigenvalue weighted by Gasteiger charge is 2.13. The molecule has 1 aromatic rings. The number of ether oxygens (including phenoxy) is 2. The van der Waals surface area contributed by atoms with Crippen molar-refractivity contribution in [1.82, 2.24) is 0 Å². The molecule has 1 rings (SSSR count). The van der Waals surface area contributed by atoms with Crippen molar-refractivity contribution in [3.05, 3.63) is 28.8 Å². The molecule has 0 spiro atoms. The van der Waals surface area contributed by atoms with Crippen LogP contribution in [-0.4, -0.2) is 25.7 Å². The lowest BCUT2D eigenvalue weighted by Gasteiger charge is -2.06. The van der Waals surface area contributed by atoms with E-state index in [9.17, 15) is 9.59 Å². The molecule has 5 nitrogen and oxygen atoms in total. The van der Waals surface area contributed by atoms with Crippen molar-refractivity contribution in [3.8, 4) is 0 Å². The van der Waals surface area contributed by atoms with Crippen LogP contribution in [0, 0.1) is 0 Å². The molecule has 0 radical (unpaired) electrons. The molecule has 0 unspecified atom stereocenters. The number of hydrogen-bond acceptors (Lipinski definition) is 5. The summed E-state index contributed by atoms with van der Waals surface area (Å²) in [6.45, 7) is -0.447. The quantitative estimate of drug-likeness (QED) is 0.639. The van der Waals surface area contributed by atoms with E-state index in [1.54, 1.807) is 0 Å². The van der Waals surface area contributed by atoms with Gasteiger partial charge in [-0.25, -0.2) is 9.59 Å². The summed E-state index contributed by atoms with van der Waals surface area (Å²) in [6.07, 6.45) is 0. The molecular weight excluding hydrogens is 234 g/mol. The van der Waals surface area contributed by atoms with E-state index < -0.39 is 18.5 Å². The first-order valence-corrected chi connectivity index (χ1v) is 4.71. The average molecular weight is 244 g/mol. The Morgan fingerprint density at radius 3 is 2.69 bits per heavy atom. The van der Waals surface area contributed by atoms with Crippen LogP contribution in [0.15, 0.2) is 18.2 Å². The van der Waals surface area contributed by atoms with Crippen molar-refractivity contribution < 1.29 is 19.1 Å². The molecule has 0 atom stereocenters. The van der Waals surface area contributed by atoms with E-state index in [-0.39, 0.29) is 11.3 Å². The Hall–Kier alpha value is -1.75. The first kappa shape index (κ1) is 12.3. The molecule has 0 bridgehead atoms. The van der Waals surface area contributed by atoms with Gasteiger partial charge < -0.3 is 15.2 Å². The van der Waals surface area contributed by atoms with Gasteiger partial charge in [0, 0.05) is 10.7 Å². The summed E-state index contributed by atoms with van der Waals surface area (Å²) in [5, 5.41) is 0.419. The van der Waals surface area contributed by atoms with Crippen LogP contribution in [0.2, 0.25) is 5.02 Å². The monoisotopic (exact) mass is 243 g/mol. The zero-order valence-corrected chi connectivity index (χ0v) is 9.28. The lowest BCUT2D eigenvalue weighted by atomic mass is 10.2. The summed E-state index contributed by atoms with van der Waals surface area (Å²) in [5.74, 6) is -1.33. The first-order chi connectivity index (χ1) is 7.54. The number of halogens is 1. The van der Waals surface area contributed by atoms with E-state index in [0.29, 0.717) is 5.02 Å². The highest BCUT2D eigenvalue weighted by atomic mass is 35.5. The Morgan fingerprint density at radius 2 is 2.12 bits per heavy atom. The number of anilines is 1. The lowest BCUT2D eigenvalue weighted by Crippen LogP contribution is -2.16. The molecule has 0 heterocycles. The number of benzene rings is 1. The maximum atomic E-state index is 11.4. The van der Waals surface area contributed by atoms with Crippen LogP contribution in [0.1, 0.15) is 10.4 Å². The Labute approximate surface area is 97.1 Å². The summed E-state index contributed by atoms with van der Waals surface area (Å²) >= 11 is 5.67. The van der Waals surface area contributed by atoms with Crippen LogP contribution in [0.3, 0.4) is 0 Å². The fourth-order valence-corrected chi connectivity index (χ4v) is 1.16. The zero-order valence-electron chi connectivity index (χ0n) is 8.53. The molecule has 0 amide bonds. The van der Waals surface area contributed by atoms with E-state index in [1.807, 2.05) is 0 Å². The molecule has 0 aromatic heterocycles. The van der Waals surface area contributed by atoms with E-state index >= 15 is 0 Å². The van der Waals surface area contributed by atoms with Gasteiger partial charge in [-0.1, -0.05) is 11.6 Å². The molecule has 2 N–H and O–H groups in total. The Morgan fingerprint density at radius 1 is 1.44 bits per heavy atom. The van der Waals surface area contributed by atoms with Crippen molar-refractivity contribution in [1.29, 1.82) is 0 Å². The number of esters is 2. The normalized spacial score (nSPS) is 9.62. The Bertz CT molecular complexity index is 419. The summed E-state index contributed by atoms with van der Waals surface area (Å²) < 4.78 is 8.98. The topological polar surface area (TPSA) is 78.6 Å². The summed E-state index contributed by atoms with van der Waals surface area (Å²) in [7, 11) is 1.20. The lowest BCUT2D eigenvalue weighted by molar-refractivity contribution is -0.144. The number of carbonyl (C=O) groups is 2. The van der Waals surface area contributed by atoms with Gasteiger partial charge in [-0.2, -0.15) is 0 Å². The highest BCUT2D eigenvalue weighted by molar-refractivity contribution is 6.31. The smallest absolute Gasteiger partial charge is 0.344 e. The predicted molar refractivity (Wildman–Crippen MR) is 58.2 cm³/mol. The molecule has 1 aromatic carbocycles. The Balaban J connectivity index is 2.70. The Kier molecular flexibility index (Phi) is 4.13. The van der Waals surface area contributed by atoms with E-state index in [0.717, 1.165) is 0 Å². The highest BCUT2D eigenvalue weighted by Crippen LogP contribution is 2.18. The number of nitrogens with two attached hydrogens (primary N) is 1. The second kappa shape index (κ2) is 5.37. The van der Waals surface area contributed by atoms with Crippen molar-refractivity contribution in [3.63, 3.8) is 0 Å². The summed E-state index contributed by atoms with van der Waals surface area (Å²) in [4.78, 5) is 22.2. The largest absolute Gasteiger partial charge is 0.466 e. The SMILES string of the molecule is COC(=O)COC(=O)c1ccc(Cl)cc1N. The van der Waals surface area contributed by atoms with Crippen molar-refractivity contribution in [2.45, 2.75) is 0 Å². The predicted octanol–water partition coefficient (Wildman–Crippen LogP) is 1.25. The average Bonchev–Trinajstić information content (AvgIpc) is 2.25. The molecule has 0 aliphatic carbocycles. The van der Waals surface area contributed by atoms with Gasteiger partial charge in [0.2, 0.25) is 0 Å². The van der Waals surface area contributed by atoms with Gasteiger partial charge in [0.1, 0.15) is 0 Å². The molecule has 0 saturated heterocycles. The van der Waals surface area contributed by atoms with Crippen LogP contribution >= 0.6 is 11.6 Å². The summed E-state index contributed by atoms with van der Waals surface area (Å²) in [5.41, 5.74) is 5.92. The van der Waals surface area contributed by atoms with E-state index in [4.69, 9.17) is 17.3 Å². The zero-order chi connectivity index (χ0) is 12.1. The third-order valence-corrected chi connectivity index (χ3v) is 2.02. The number of nitrogen functional groups attached to an aromatic ring is 1. The third-order valence-electron chi connectivity index (χ3n) is 1.78. The van der Waals surface area contributed by atoms with Gasteiger partial charge in [-0.15, -0.1) is 0 Å². The van der Waals surface area contributed by atoms with Crippen LogP contribution in [-0.2, 0) is 14.3 Å². The molecule has 16 heavy (non-hydrogen) atoms. The van der Waals surface area contributed by atoms with Gasteiger partial charge in [0.05, 0.1) is 12.7 Å². The van der Waals surface area contributed by atoms with Crippen molar-refractivity contribution >= 4 is 29.2 Å². The second-order valence-corrected chi connectivity index (χ2v) is 3.32. The molecule has 86 valence electrons. The second-order valence-electron chi connectivity index (χ2n) is 2.88. The minimum absolute atomic E-state index is 0.160. The number of carbonyl (C=O) groups excluding carboxylic acids is 2. The molecule has 6 heteroatoms. The number of methoxy groups -OCH3 is 1. The molecule has 0 saturated carbocycles. The first-order valence-electron chi connectivity index (χ1n) is 4.33. The van der Waals surface area contributed by atoms with Crippen molar-refractivity contribution in [2.24, 2.45) is 0 Å². The number of hydrogen-bond donors (Lipinski definition) is 1. The van der Waals surface area contributed by atoms with Gasteiger partial charge >= 0.3 is 11.9 Å². The van der Waals surface area contributed by atoms with Gasteiger partial charge in [0.25, 0.3) is 0 Å². The maximum Gasteiger partial charge on any atom is 0.344 e. The van der Waals surface area contributed by atoms with Crippen LogP contribution < -0.4 is 5.73 Å². The third kappa shape index (κ3) is 3.13. The minimum Gasteiger partial charge on any atom is -0.466 e. The molecule has 0 fully saturated rings. The molecular formula is C10H10ClNO4. The standard InChI is InChI=1S/C10H10ClNO4/c1-15-9(13)5-16-10(14)7-3-2-6(11)4-8(7)12/h2-4H,5,12H2,1H3. The van der Waals surface area contributed by atoms with E-state index in [2.05, 4.69) is 9.47 Å².